The molecule has 100 valence electrons. The summed E-state index contributed by atoms with van der Waals surface area (Å²) in [5, 5.41) is 0. The van der Waals surface area contributed by atoms with Gasteiger partial charge in [-0.25, -0.2) is 0 Å². The first-order chi connectivity index (χ1) is 7.56. The Bertz CT molecular complexity index is 240. The Hall–Kier alpha value is 0.507. The number of hydrogen-bond acceptors (Lipinski definition) is 2. The Labute approximate surface area is 119 Å². The van der Waals surface area contributed by atoms with E-state index in [1.807, 2.05) is 0 Å². The molecule has 5 heteroatoms. The van der Waals surface area contributed by atoms with Crippen LogP contribution in [0.3, 0.4) is 0 Å². The van der Waals surface area contributed by atoms with Crippen LogP contribution in [0.15, 0.2) is 0 Å². The van der Waals surface area contributed by atoms with Gasteiger partial charge in [0.2, 0.25) is 0 Å². The molecular weight excluding hydrogens is 231 g/mol. The monoisotopic (exact) mass is 258 g/mol. The SMILES string of the molecule is CCCCCCCCCCCCS(=O)(=O)O.[LiH]. The predicted molar refractivity (Wildman–Crippen MR) is 75.4 cm³/mol. The summed E-state index contributed by atoms with van der Waals surface area (Å²) in [4.78, 5) is 0. The maximum absolute atomic E-state index is 10.4. The van der Waals surface area contributed by atoms with Gasteiger partial charge in [0.05, 0.1) is 5.75 Å². The molecule has 0 aliphatic heterocycles. The average molecular weight is 258 g/mol. The van der Waals surface area contributed by atoms with E-state index in [2.05, 4.69) is 6.92 Å². The molecule has 0 aromatic rings. The fourth-order valence-corrected chi connectivity index (χ4v) is 2.34. The van der Waals surface area contributed by atoms with Crippen LogP contribution in [0, 0.1) is 0 Å². The molecular formula is C12H27LiO3S. The third-order valence-corrected chi connectivity index (χ3v) is 3.56. The van der Waals surface area contributed by atoms with Gasteiger partial charge >= 0.3 is 18.9 Å². The second kappa shape index (κ2) is 13.0. The first-order valence-electron chi connectivity index (χ1n) is 6.51. The van der Waals surface area contributed by atoms with Gasteiger partial charge < -0.3 is 0 Å². The zero-order valence-corrected chi connectivity index (χ0v) is 11.3. The van der Waals surface area contributed by atoms with Crippen molar-refractivity contribution in [2.45, 2.75) is 71.1 Å². The van der Waals surface area contributed by atoms with Gasteiger partial charge in [-0.1, -0.05) is 64.7 Å². The van der Waals surface area contributed by atoms with Crippen LogP contribution in [0.5, 0.6) is 0 Å². The molecule has 0 spiro atoms. The van der Waals surface area contributed by atoms with Gasteiger partial charge in [-0.2, -0.15) is 8.42 Å². The molecule has 0 aromatic heterocycles. The van der Waals surface area contributed by atoms with Crippen molar-refractivity contribution in [3.8, 4) is 0 Å². The van der Waals surface area contributed by atoms with Gasteiger partial charge in [-0.15, -0.1) is 0 Å². The molecule has 0 bridgehead atoms. The molecule has 0 fully saturated rings. The van der Waals surface area contributed by atoms with Crippen LogP contribution < -0.4 is 0 Å². The molecule has 0 saturated carbocycles. The number of hydrogen-bond donors (Lipinski definition) is 1. The first-order valence-corrected chi connectivity index (χ1v) is 8.12. The van der Waals surface area contributed by atoms with Crippen molar-refractivity contribution in [2.24, 2.45) is 0 Å². The van der Waals surface area contributed by atoms with Crippen LogP contribution in [0.2, 0.25) is 0 Å². The summed E-state index contributed by atoms with van der Waals surface area (Å²) in [5.74, 6) is -0.0799. The molecule has 3 nitrogen and oxygen atoms in total. The molecule has 0 aliphatic carbocycles. The molecule has 0 saturated heterocycles. The summed E-state index contributed by atoms with van der Waals surface area (Å²) >= 11 is 0. The summed E-state index contributed by atoms with van der Waals surface area (Å²) in [6.07, 6.45) is 11.7. The van der Waals surface area contributed by atoms with Crippen molar-refractivity contribution in [3.05, 3.63) is 0 Å². The van der Waals surface area contributed by atoms with Crippen LogP contribution in [-0.4, -0.2) is 37.6 Å². The van der Waals surface area contributed by atoms with Crippen LogP contribution >= 0.6 is 0 Å². The standard InChI is InChI=1S/C12H26O3S.Li.H/c1-2-3-4-5-6-7-8-9-10-11-12-16(13,14)15;;/h2-12H2,1H3,(H,13,14,15);;. The van der Waals surface area contributed by atoms with Crippen LogP contribution in [0.25, 0.3) is 0 Å². The topological polar surface area (TPSA) is 54.4 Å². The molecule has 0 rings (SSSR count). The molecule has 0 heterocycles. The third kappa shape index (κ3) is 19.0. The van der Waals surface area contributed by atoms with Crippen LogP contribution in [0.1, 0.15) is 71.1 Å². The molecule has 0 amide bonds. The Morgan fingerprint density at radius 3 is 1.47 bits per heavy atom. The molecule has 0 aliphatic rings. The Morgan fingerprint density at radius 1 is 0.765 bits per heavy atom. The minimum absolute atomic E-state index is 0. The molecule has 0 radical (unpaired) electrons. The van der Waals surface area contributed by atoms with Crippen LogP contribution in [-0.2, 0) is 10.1 Å². The summed E-state index contributed by atoms with van der Waals surface area (Å²) in [7, 11) is -3.73. The summed E-state index contributed by atoms with van der Waals surface area (Å²) in [5.41, 5.74) is 0. The van der Waals surface area contributed by atoms with E-state index in [-0.39, 0.29) is 24.6 Å². The van der Waals surface area contributed by atoms with E-state index < -0.39 is 10.1 Å². The normalized spacial score (nSPS) is 11.2. The van der Waals surface area contributed by atoms with Crippen molar-refractivity contribution in [3.63, 3.8) is 0 Å². The summed E-state index contributed by atoms with van der Waals surface area (Å²) in [6.45, 7) is 2.22. The Balaban J connectivity index is 0. The predicted octanol–water partition coefficient (Wildman–Crippen LogP) is 3.15. The summed E-state index contributed by atoms with van der Waals surface area (Å²) in [6, 6.07) is 0. The molecule has 17 heavy (non-hydrogen) atoms. The summed E-state index contributed by atoms with van der Waals surface area (Å²) < 4.78 is 29.4. The average Bonchev–Trinajstić information content (AvgIpc) is 2.19. The van der Waals surface area contributed by atoms with E-state index in [9.17, 15) is 8.42 Å². The molecule has 1 N–H and O–H groups in total. The van der Waals surface area contributed by atoms with Crippen molar-refractivity contribution in [2.75, 3.05) is 5.75 Å². The van der Waals surface area contributed by atoms with E-state index in [0.717, 1.165) is 12.8 Å². The van der Waals surface area contributed by atoms with Crippen molar-refractivity contribution >= 4 is 29.0 Å². The van der Waals surface area contributed by atoms with E-state index in [4.69, 9.17) is 4.55 Å². The van der Waals surface area contributed by atoms with E-state index >= 15 is 0 Å². The van der Waals surface area contributed by atoms with E-state index in [1.165, 1.54) is 44.9 Å². The molecule has 0 unspecified atom stereocenters. The first kappa shape index (κ1) is 19.8. The fraction of sp³-hybridized carbons (Fsp3) is 1.00. The van der Waals surface area contributed by atoms with Gasteiger partial charge in [0.25, 0.3) is 10.1 Å². The van der Waals surface area contributed by atoms with Crippen molar-refractivity contribution in [1.29, 1.82) is 0 Å². The fourth-order valence-electron chi connectivity index (χ4n) is 1.77. The van der Waals surface area contributed by atoms with Gasteiger partial charge in [0, 0.05) is 0 Å². The number of unbranched alkanes of at least 4 members (excludes halogenated alkanes) is 9. The number of rotatable bonds is 11. The Morgan fingerprint density at radius 2 is 1.12 bits per heavy atom. The molecule has 0 aromatic carbocycles. The van der Waals surface area contributed by atoms with Crippen LogP contribution in [0.4, 0.5) is 0 Å². The third-order valence-electron chi connectivity index (χ3n) is 2.76. The van der Waals surface area contributed by atoms with E-state index in [1.54, 1.807) is 0 Å². The zero-order valence-electron chi connectivity index (χ0n) is 10.5. The quantitative estimate of drug-likeness (QED) is 0.352. The van der Waals surface area contributed by atoms with Gasteiger partial charge in [0.1, 0.15) is 0 Å². The van der Waals surface area contributed by atoms with Crippen molar-refractivity contribution < 1.29 is 13.0 Å². The van der Waals surface area contributed by atoms with Gasteiger partial charge in [0.15, 0.2) is 0 Å². The van der Waals surface area contributed by atoms with Gasteiger partial charge in [-0.05, 0) is 6.42 Å². The minimum atomic E-state index is -3.73. The Kier molecular flexibility index (Phi) is 15.1. The van der Waals surface area contributed by atoms with Gasteiger partial charge in [-0.3, -0.25) is 4.55 Å². The molecule has 0 atom stereocenters. The van der Waals surface area contributed by atoms with Crippen molar-refractivity contribution in [1.82, 2.24) is 0 Å². The zero-order chi connectivity index (χ0) is 12.3. The second-order valence-corrected chi connectivity index (χ2v) is 6.04. The van der Waals surface area contributed by atoms with E-state index in [0.29, 0.717) is 6.42 Å². The maximum atomic E-state index is 10.4. The second-order valence-electron chi connectivity index (χ2n) is 4.47.